The number of hydrogen-bond acceptors (Lipinski definition) is 4. The van der Waals surface area contributed by atoms with E-state index in [2.05, 4.69) is 20.7 Å². The van der Waals surface area contributed by atoms with Crippen molar-refractivity contribution in [1.82, 2.24) is 15.6 Å². The highest BCUT2D eigenvalue weighted by molar-refractivity contribution is 6.25. The lowest BCUT2D eigenvalue weighted by Gasteiger charge is -2.34. The van der Waals surface area contributed by atoms with Crippen molar-refractivity contribution in [2.75, 3.05) is 20.1 Å². The molecule has 0 aromatic carbocycles. The zero-order valence-electron chi connectivity index (χ0n) is 16.4. The van der Waals surface area contributed by atoms with Crippen LogP contribution in [0.3, 0.4) is 0 Å². The second-order valence-corrected chi connectivity index (χ2v) is 5.83. The van der Waals surface area contributed by atoms with E-state index in [0.29, 0.717) is 0 Å². The van der Waals surface area contributed by atoms with Crippen LogP contribution in [0, 0.1) is 5.92 Å². The number of carbonyl (C=O) groups excluding carboxylic acids is 1. The van der Waals surface area contributed by atoms with Crippen molar-refractivity contribution in [3.05, 3.63) is 34.7 Å². The highest BCUT2D eigenvalue weighted by atomic mass is 35.5. The van der Waals surface area contributed by atoms with E-state index in [-0.39, 0.29) is 11.8 Å². The molecule has 1 fully saturated rings. The van der Waals surface area contributed by atoms with Gasteiger partial charge in [-0.15, -0.1) is 0 Å². The largest absolute Gasteiger partial charge is 0.371 e. The first kappa shape index (κ1) is 23.2. The van der Waals surface area contributed by atoms with Crippen LogP contribution in [0.1, 0.15) is 47.5 Å². The molecule has 0 atom stereocenters. The van der Waals surface area contributed by atoms with Gasteiger partial charge in [-0.1, -0.05) is 31.5 Å². The summed E-state index contributed by atoms with van der Waals surface area (Å²) in [7, 11) is 1.69. The molecule has 1 aliphatic heterocycles. The molecular weight excluding hydrogens is 336 g/mol. The van der Waals surface area contributed by atoms with E-state index in [9.17, 15) is 4.79 Å². The van der Waals surface area contributed by atoms with Crippen LogP contribution in [0.15, 0.2) is 39.8 Å². The minimum atomic E-state index is 0.102. The van der Waals surface area contributed by atoms with E-state index in [1.165, 1.54) is 5.54 Å². The van der Waals surface area contributed by atoms with Crippen molar-refractivity contribution in [3.63, 3.8) is 0 Å². The SMILES string of the molecule is C/C=C(\C)N\N=C/C(C)=C(/C=C/Cl)N1CCC(C(=O)NC)CC1.CC. The normalized spacial score (nSPS) is 17.2. The van der Waals surface area contributed by atoms with Gasteiger partial charge in [0.2, 0.25) is 5.91 Å². The minimum absolute atomic E-state index is 0.102. The molecule has 1 aliphatic rings. The van der Waals surface area contributed by atoms with Gasteiger partial charge < -0.3 is 10.2 Å². The molecular formula is C19H33ClN4O. The average Bonchev–Trinajstić information content (AvgIpc) is 2.66. The first-order chi connectivity index (χ1) is 12.0. The Morgan fingerprint density at radius 2 is 1.84 bits per heavy atom. The number of allylic oxidation sites excluding steroid dienone is 4. The predicted octanol–water partition coefficient (Wildman–Crippen LogP) is 4.00. The number of nitrogens with zero attached hydrogens (tertiary/aromatic N) is 2. The van der Waals surface area contributed by atoms with Gasteiger partial charge in [-0.25, -0.2) is 0 Å². The third-order valence-corrected chi connectivity index (χ3v) is 4.14. The fraction of sp³-hybridized carbons (Fsp3) is 0.579. The molecule has 0 radical (unpaired) electrons. The lowest BCUT2D eigenvalue weighted by molar-refractivity contribution is -0.125. The topological polar surface area (TPSA) is 56.7 Å². The Bertz CT molecular complexity index is 516. The Morgan fingerprint density at radius 1 is 1.24 bits per heavy atom. The molecule has 0 aromatic heterocycles. The Kier molecular flexibility index (Phi) is 12.6. The fourth-order valence-corrected chi connectivity index (χ4v) is 2.61. The fourth-order valence-electron chi connectivity index (χ4n) is 2.49. The summed E-state index contributed by atoms with van der Waals surface area (Å²) in [6, 6.07) is 0. The van der Waals surface area contributed by atoms with E-state index >= 15 is 0 Å². The lowest BCUT2D eigenvalue weighted by Crippen LogP contribution is -2.39. The second kappa shape index (κ2) is 13.5. The van der Waals surface area contributed by atoms with Crippen LogP contribution in [-0.4, -0.2) is 37.2 Å². The van der Waals surface area contributed by atoms with E-state index in [1.807, 2.05) is 46.8 Å². The van der Waals surface area contributed by atoms with Gasteiger partial charge in [-0.2, -0.15) is 5.10 Å². The van der Waals surface area contributed by atoms with Gasteiger partial charge in [0.15, 0.2) is 0 Å². The van der Waals surface area contributed by atoms with Gasteiger partial charge in [-0.05, 0) is 45.3 Å². The number of piperidine rings is 1. The van der Waals surface area contributed by atoms with E-state index in [0.717, 1.165) is 42.9 Å². The quantitative estimate of drug-likeness (QED) is 0.423. The Labute approximate surface area is 157 Å². The molecule has 25 heavy (non-hydrogen) atoms. The first-order valence-corrected chi connectivity index (χ1v) is 9.33. The molecule has 2 N–H and O–H groups in total. The van der Waals surface area contributed by atoms with Gasteiger partial charge in [0.25, 0.3) is 0 Å². The molecule has 1 rings (SSSR count). The van der Waals surface area contributed by atoms with E-state index < -0.39 is 0 Å². The summed E-state index contributed by atoms with van der Waals surface area (Å²) in [6.07, 6.45) is 7.33. The average molecular weight is 369 g/mol. The van der Waals surface area contributed by atoms with Crippen LogP contribution >= 0.6 is 11.6 Å². The van der Waals surface area contributed by atoms with Crippen LogP contribution in [0.5, 0.6) is 0 Å². The van der Waals surface area contributed by atoms with Crippen LogP contribution in [-0.2, 0) is 4.79 Å². The summed E-state index contributed by atoms with van der Waals surface area (Å²) in [6.45, 7) is 11.6. The Morgan fingerprint density at radius 3 is 2.32 bits per heavy atom. The zero-order valence-corrected chi connectivity index (χ0v) is 17.2. The number of hydrogen-bond donors (Lipinski definition) is 2. The Balaban J connectivity index is 0.00000277. The lowest BCUT2D eigenvalue weighted by atomic mass is 9.95. The molecule has 0 saturated carbocycles. The molecule has 0 bridgehead atoms. The minimum Gasteiger partial charge on any atom is -0.371 e. The van der Waals surface area contributed by atoms with Crippen molar-refractivity contribution >= 4 is 23.7 Å². The maximum Gasteiger partial charge on any atom is 0.222 e. The highest BCUT2D eigenvalue weighted by Gasteiger charge is 2.25. The van der Waals surface area contributed by atoms with Crippen molar-refractivity contribution in [1.29, 1.82) is 0 Å². The number of nitrogens with one attached hydrogen (secondary N) is 2. The monoisotopic (exact) mass is 368 g/mol. The molecule has 1 amide bonds. The standard InChI is InChI=1S/C17H27ClN4O.C2H6/c1-5-14(3)21-20-12-13(2)16(6-9-18)22-10-7-15(8-11-22)17(23)19-4;1-2/h5-6,9,12,15,21H,7-8,10-11H2,1-4H3,(H,19,23);1-2H3/b9-6+,14-5+,16-13-,20-12-;. The number of halogens is 1. The molecule has 0 aliphatic carbocycles. The third kappa shape index (κ3) is 8.25. The number of rotatable bonds is 6. The number of amides is 1. The predicted molar refractivity (Wildman–Crippen MR) is 108 cm³/mol. The highest BCUT2D eigenvalue weighted by Crippen LogP contribution is 2.23. The van der Waals surface area contributed by atoms with Crippen LogP contribution < -0.4 is 10.7 Å². The number of likely N-dealkylation sites (tertiary alicyclic amines) is 1. The van der Waals surface area contributed by atoms with Crippen LogP contribution in [0.2, 0.25) is 0 Å². The molecule has 0 aromatic rings. The van der Waals surface area contributed by atoms with Gasteiger partial charge in [-0.3, -0.25) is 10.2 Å². The number of carbonyl (C=O) groups is 1. The van der Waals surface area contributed by atoms with Crippen LogP contribution in [0.25, 0.3) is 0 Å². The van der Waals surface area contributed by atoms with E-state index in [1.54, 1.807) is 13.3 Å². The number of hydrazone groups is 1. The summed E-state index contributed by atoms with van der Waals surface area (Å²) in [4.78, 5) is 14.0. The second-order valence-electron chi connectivity index (χ2n) is 5.58. The van der Waals surface area contributed by atoms with Crippen molar-refractivity contribution in [2.24, 2.45) is 11.0 Å². The maximum atomic E-state index is 11.7. The van der Waals surface area contributed by atoms with Crippen LogP contribution in [0.4, 0.5) is 0 Å². The summed E-state index contributed by atoms with van der Waals surface area (Å²) in [5, 5.41) is 6.96. The first-order valence-electron chi connectivity index (χ1n) is 8.89. The van der Waals surface area contributed by atoms with Gasteiger partial charge in [0.1, 0.15) is 0 Å². The molecule has 5 nitrogen and oxygen atoms in total. The molecule has 6 heteroatoms. The third-order valence-electron chi connectivity index (χ3n) is 4.01. The zero-order chi connectivity index (χ0) is 19.2. The summed E-state index contributed by atoms with van der Waals surface area (Å²) >= 11 is 5.79. The molecule has 0 spiro atoms. The summed E-state index contributed by atoms with van der Waals surface area (Å²) in [5.74, 6) is 0.234. The van der Waals surface area contributed by atoms with Gasteiger partial charge in [0, 0.05) is 43.0 Å². The van der Waals surface area contributed by atoms with Crippen molar-refractivity contribution in [3.8, 4) is 0 Å². The van der Waals surface area contributed by atoms with Gasteiger partial charge >= 0.3 is 0 Å². The molecule has 142 valence electrons. The van der Waals surface area contributed by atoms with Crippen molar-refractivity contribution < 1.29 is 4.79 Å². The summed E-state index contributed by atoms with van der Waals surface area (Å²) < 4.78 is 0. The Hall–Kier alpha value is -1.75. The van der Waals surface area contributed by atoms with E-state index in [4.69, 9.17) is 11.6 Å². The van der Waals surface area contributed by atoms with Gasteiger partial charge in [0.05, 0.1) is 6.21 Å². The summed E-state index contributed by atoms with van der Waals surface area (Å²) in [5.41, 5.74) is 7.54. The molecule has 1 heterocycles. The maximum absolute atomic E-state index is 11.7. The van der Waals surface area contributed by atoms with Crippen molar-refractivity contribution in [2.45, 2.75) is 47.5 Å². The smallest absolute Gasteiger partial charge is 0.222 e. The molecule has 0 unspecified atom stereocenters. The molecule has 1 saturated heterocycles.